The number of carbonyl (C=O) groups excluding carboxylic acids is 1. The number of hydrogen-bond donors (Lipinski definition) is 3. The lowest BCUT2D eigenvalue weighted by atomic mass is 10.1. The first-order chi connectivity index (χ1) is 8.97. The van der Waals surface area contributed by atoms with Gasteiger partial charge in [0, 0.05) is 22.6 Å². The highest BCUT2D eigenvalue weighted by Gasteiger charge is 2.08. The van der Waals surface area contributed by atoms with Gasteiger partial charge in [0.15, 0.2) is 0 Å². The lowest BCUT2D eigenvalue weighted by Gasteiger charge is -2.14. The van der Waals surface area contributed by atoms with Crippen LogP contribution in [0.25, 0.3) is 0 Å². The van der Waals surface area contributed by atoms with Gasteiger partial charge in [-0.05, 0) is 44.0 Å². The van der Waals surface area contributed by atoms with E-state index in [9.17, 15) is 9.59 Å². The zero-order valence-corrected chi connectivity index (χ0v) is 12.2. The zero-order chi connectivity index (χ0) is 14.3. The summed E-state index contributed by atoms with van der Waals surface area (Å²) in [6.07, 6.45) is 1.31. The van der Waals surface area contributed by atoms with Crippen LogP contribution in [0.2, 0.25) is 0 Å². The van der Waals surface area contributed by atoms with Crippen LogP contribution in [0.5, 0.6) is 0 Å². The average molecular weight is 329 g/mol. The minimum Gasteiger partial charge on any atom is -0.481 e. The van der Waals surface area contributed by atoms with Gasteiger partial charge >= 0.3 is 12.0 Å². The normalized spacial score (nSPS) is 11.7. The monoisotopic (exact) mass is 328 g/mol. The Bertz CT molecular complexity index is 434. The first kappa shape index (κ1) is 15.5. The SMILES string of the molecule is CC(CCCC(=O)O)NC(=O)Nc1ccc(Br)cc1. The minimum absolute atomic E-state index is 0.0604. The van der Waals surface area contributed by atoms with Gasteiger partial charge in [0.05, 0.1) is 0 Å². The van der Waals surface area contributed by atoms with Crippen molar-refractivity contribution in [1.82, 2.24) is 5.32 Å². The smallest absolute Gasteiger partial charge is 0.319 e. The summed E-state index contributed by atoms with van der Waals surface area (Å²) in [5.74, 6) is -0.813. The van der Waals surface area contributed by atoms with Crippen molar-refractivity contribution in [2.24, 2.45) is 0 Å². The Hall–Kier alpha value is -1.56. The van der Waals surface area contributed by atoms with Crippen molar-refractivity contribution in [2.75, 3.05) is 5.32 Å². The Morgan fingerprint density at radius 2 is 1.95 bits per heavy atom. The van der Waals surface area contributed by atoms with Gasteiger partial charge in [0.2, 0.25) is 0 Å². The second kappa shape index (κ2) is 7.78. The topological polar surface area (TPSA) is 78.4 Å². The summed E-state index contributed by atoms with van der Waals surface area (Å²) in [4.78, 5) is 22.0. The molecule has 0 aliphatic heterocycles. The number of carboxylic acids is 1. The quantitative estimate of drug-likeness (QED) is 0.750. The van der Waals surface area contributed by atoms with E-state index in [2.05, 4.69) is 26.6 Å². The Morgan fingerprint density at radius 3 is 2.53 bits per heavy atom. The molecule has 0 heterocycles. The van der Waals surface area contributed by atoms with Crippen LogP contribution in [0.3, 0.4) is 0 Å². The summed E-state index contributed by atoms with van der Waals surface area (Å²) < 4.78 is 0.945. The van der Waals surface area contributed by atoms with E-state index in [4.69, 9.17) is 5.11 Å². The molecule has 6 heteroatoms. The molecule has 1 aromatic carbocycles. The highest BCUT2D eigenvalue weighted by molar-refractivity contribution is 9.10. The molecule has 1 aromatic rings. The average Bonchev–Trinajstić information content (AvgIpc) is 2.31. The molecule has 1 atom stereocenters. The van der Waals surface area contributed by atoms with Gasteiger partial charge in [-0.3, -0.25) is 4.79 Å². The lowest BCUT2D eigenvalue weighted by molar-refractivity contribution is -0.137. The van der Waals surface area contributed by atoms with Gasteiger partial charge in [-0.1, -0.05) is 15.9 Å². The van der Waals surface area contributed by atoms with Crippen molar-refractivity contribution in [3.05, 3.63) is 28.7 Å². The van der Waals surface area contributed by atoms with Crippen LogP contribution in [0.15, 0.2) is 28.7 Å². The maximum Gasteiger partial charge on any atom is 0.319 e. The fourth-order valence-electron chi connectivity index (χ4n) is 1.56. The van der Waals surface area contributed by atoms with Gasteiger partial charge in [-0.15, -0.1) is 0 Å². The predicted octanol–water partition coefficient (Wildman–Crippen LogP) is 3.21. The summed E-state index contributed by atoms with van der Waals surface area (Å²) in [7, 11) is 0. The van der Waals surface area contributed by atoms with Crippen molar-refractivity contribution in [1.29, 1.82) is 0 Å². The van der Waals surface area contributed by atoms with E-state index < -0.39 is 5.97 Å². The van der Waals surface area contributed by atoms with Crippen LogP contribution in [-0.2, 0) is 4.79 Å². The lowest BCUT2D eigenvalue weighted by Crippen LogP contribution is -2.36. The van der Waals surface area contributed by atoms with Crippen molar-refractivity contribution < 1.29 is 14.7 Å². The molecule has 0 aromatic heterocycles. The second-order valence-electron chi connectivity index (χ2n) is 4.29. The van der Waals surface area contributed by atoms with Crippen LogP contribution in [-0.4, -0.2) is 23.1 Å². The molecule has 0 saturated heterocycles. The Labute approximate surface area is 120 Å². The van der Waals surface area contributed by atoms with E-state index in [0.29, 0.717) is 18.5 Å². The summed E-state index contributed by atoms with van der Waals surface area (Å²) >= 11 is 3.32. The maximum absolute atomic E-state index is 11.7. The van der Waals surface area contributed by atoms with Gasteiger partial charge in [-0.2, -0.15) is 0 Å². The first-order valence-electron chi connectivity index (χ1n) is 6.02. The fourth-order valence-corrected chi connectivity index (χ4v) is 1.82. The number of nitrogens with one attached hydrogen (secondary N) is 2. The van der Waals surface area contributed by atoms with Crippen LogP contribution in [0.1, 0.15) is 26.2 Å². The number of benzene rings is 1. The third-order valence-electron chi connectivity index (χ3n) is 2.51. The van der Waals surface area contributed by atoms with Crippen LogP contribution >= 0.6 is 15.9 Å². The van der Waals surface area contributed by atoms with Crippen LogP contribution in [0, 0.1) is 0 Å². The molecule has 0 bridgehead atoms. The molecule has 1 rings (SSSR count). The highest BCUT2D eigenvalue weighted by Crippen LogP contribution is 2.14. The van der Waals surface area contributed by atoms with E-state index in [1.54, 1.807) is 12.1 Å². The number of anilines is 1. The predicted molar refractivity (Wildman–Crippen MR) is 77.2 cm³/mol. The maximum atomic E-state index is 11.7. The standard InChI is InChI=1S/C13H17BrN2O3/c1-9(3-2-4-12(17)18)15-13(19)16-11-7-5-10(14)6-8-11/h5-9H,2-4H2,1H3,(H,17,18)(H2,15,16,19). The summed E-state index contributed by atoms with van der Waals surface area (Å²) in [6, 6.07) is 6.91. The Balaban J connectivity index is 2.30. The van der Waals surface area contributed by atoms with E-state index in [0.717, 1.165) is 4.47 Å². The molecule has 0 aliphatic carbocycles. The number of rotatable bonds is 6. The molecular formula is C13H17BrN2O3. The van der Waals surface area contributed by atoms with E-state index in [-0.39, 0.29) is 18.5 Å². The summed E-state index contributed by atoms with van der Waals surface area (Å²) in [5, 5.41) is 14.0. The van der Waals surface area contributed by atoms with Crippen molar-refractivity contribution in [3.8, 4) is 0 Å². The molecule has 0 fully saturated rings. The molecule has 104 valence electrons. The molecular weight excluding hydrogens is 312 g/mol. The van der Waals surface area contributed by atoms with Crippen molar-refractivity contribution in [2.45, 2.75) is 32.2 Å². The molecule has 0 radical (unpaired) electrons. The number of carboxylic acid groups (broad SMARTS) is 1. The molecule has 1 unspecified atom stereocenters. The molecule has 0 aliphatic rings. The number of amides is 2. The van der Waals surface area contributed by atoms with Gasteiger partial charge in [0.25, 0.3) is 0 Å². The fraction of sp³-hybridized carbons (Fsp3) is 0.385. The third-order valence-corrected chi connectivity index (χ3v) is 3.04. The number of aliphatic carboxylic acids is 1. The first-order valence-corrected chi connectivity index (χ1v) is 6.81. The number of hydrogen-bond acceptors (Lipinski definition) is 2. The van der Waals surface area contributed by atoms with Crippen LogP contribution in [0.4, 0.5) is 10.5 Å². The van der Waals surface area contributed by atoms with Gasteiger partial charge < -0.3 is 15.7 Å². The molecule has 19 heavy (non-hydrogen) atoms. The number of urea groups is 1. The van der Waals surface area contributed by atoms with Crippen molar-refractivity contribution in [3.63, 3.8) is 0 Å². The van der Waals surface area contributed by atoms with Crippen molar-refractivity contribution >= 4 is 33.6 Å². The third kappa shape index (κ3) is 6.81. The zero-order valence-electron chi connectivity index (χ0n) is 10.6. The van der Waals surface area contributed by atoms with E-state index >= 15 is 0 Å². The minimum atomic E-state index is -0.813. The van der Waals surface area contributed by atoms with Gasteiger partial charge in [0.1, 0.15) is 0 Å². The second-order valence-corrected chi connectivity index (χ2v) is 5.21. The molecule has 5 nitrogen and oxygen atoms in total. The molecule has 0 saturated carbocycles. The molecule has 2 amide bonds. The Morgan fingerprint density at radius 1 is 1.32 bits per heavy atom. The Kier molecular flexibility index (Phi) is 6.35. The van der Waals surface area contributed by atoms with Gasteiger partial charge in [-0.25, -0.2) is 4.79 Å². The molecule has 3 N–H and O–H groups in total. The number of carbonyl (C=O) groups is 2. The largest absolute Gasteiger partial charge is 0.481 e. The molecule has 0 spiro atoms. The van der Waals surface area contributed by atoms with Crippen LogP contribution < -0.4 is 10.6 Å². The summed E-state index contributed by atoms with van der Waals surface area (Å²) in [6.45, 7) is 1.85. The highest BCUT2D eigenvalue weighted by atomic mass is 79.9. The van der Waals surface area contributed by atoms with E-state index in [1.165, 1.54) is 0 Å². The summed E-state index contributed by atoms with van der Waals surface area (Å²) in [5.41, 5.74) is 0.707. The van der Waals surface area contributed by atoms with E-state index in [1.807, 2.05) is 19.1 Å². The number of halogens is 1.